The summed E-state index contributed by atoms with van der Waals surface area (Å²) in [7, 11) is -2.53. The van der Waals surface area contributed by atoms with Crippen molar-refractivity contribution in [2.24, 2.45) is 0 Å². The van der Waals surface area contributed by atoms with Crippen LogP contribution in [0, 0.1) is 0 Å². The smallest absolute Gasteiger partial charge is 0.265 e. The van der Waals surface area contributed by atoms with Crippen LogP contribution in [0.15, 0.2) is 47.4 Å². The normalized spacial score (nSPS) is 11.1. The van der Waals surface area contributed by atoms with Crippen molar-refractivity contribution in [2.75, 3.05) is 17.6 Å². The summed E-state index contributed by atoms with van der Waals surface area (Å²) in [5, 5.41) is 9.61. The molecule has 2 rings (SSSR count). The van der Waals surface area contributed by atoms with Crippen molar-refractivity contribution in [3.8, 4) is 11.5 Å². The number of ether oxygens (including phenoxy) is 1. The first kappa shape index (κ1) is 14.0. The lowest BCUT2D eigenvalue weighted by Crippen LogP contribution is -2.14. The number of para-hydroxylation sites is 2. The lowest BCUT2D eigenvalue weighted by atomic mass is 10.3. The van der Waals surface area contributed by atoms with Crippen molar-refractivity contribution in [3.63, 3.8) is 0 Å². The minimum Gasteiger partial charge on any atom is -0.506 e. The van der Waals surface area contributed by atoms with E-state index in [4.69, 9.17) is 10.5 Å². The highest BCUT2D eigenvalue weighted by atomic mass is 32.2. The minimum atomic E-state index is -3.89. The van der Waals surface area contributed by atoms with Crippen LogP contribution in [-0.4, -0.2) is 20.6 Å². The quantitative estimate of drug-likeness (QED) is 0.589. The second-order valence-electron chi connectivity index (χ2n) is 4.03. The van der Waals surface area contributed by atoms with Gasteiger partial charge in [-0.2, -0.15) is 0 Å². The van der Waals surface area contributed by atoms with Crippen molar-refractivity contribution in [2.45, 2.75) is 4.90 Å². The topological polar surface area (TPSA) is 102 Å². The van der Waals surface area contributed by atoms with Gasteiger partial charge in [0.2, 0.25) is 0 Å². The van der Waals surface area contributed by atoms with Crippen LogP contribution >= 0.6 is 0 Å². The van der Waals surface area contributed by atoms with Gasteiger partial charge < -0.3 is 15.6 Å². The van der Waals surface area contributed by atoms with E-state index in [9.17, 15) is 13.5 Å². The van der Waals surface area contributed by atoms with E-state index in [-0.39, 0.29) is 22.1 Å². The maximum atomic E-state index is 12.3. The lowest BCUT2D eigenvalue weighted by molar-refractivity contribution is 0.403. The third kappa shape index (κ3) is 2.77. The van der Waals surface area contributed by atoms with Gasteiger partial charge >= 0.3 is 0 Å². The maximum absolute atomic E-state index is 12.3. The number of phenols is 1. The van der Waals surface area contributed by atoms with Gasteiger partial charge in [0.25, 0.3) is 10.0 Å². The Balaban J connectivity index is 2.44. The summed E-state index contributed by atoms with van der Waals surface area (Å²) in [6.07, 6.45) is 0. The molecule has 0 bridgehead atoms. The number of nitrogens with one attached hydrogen (secondary N) is 1. The van der Waals surface area contributed by atoms with Crippen molar-refractivity contribution < 1.29 is 18.3 Å². The average molecular weight is 294 g/mol. The molecule has 0 amide bonds. The molecule has 0 aliphatic rings. The zero-order valence-corrected chi connectivity index (χ0v) is 11.5. The molecule has 2 aromatic rings. The van der Waals surface area contributed by atoms with Crippen LogP contribution in [0.25, 0.3) is 0 Å². The van der Waals surface area contributed by atoms with Crippen LogP contribution in [0.2, 0.25) is 0 Å². The van der Waals surface area contributed by atoms with Crippen molar-refractivity contribution >= 4 is 21.4 Å². The molecule has 0 aliphatic carbocycles. The molecule has 106 valence electrons. The standard InChI is InChI=1S/C13H14N2O4S/c1-19-12-8-9(14)6-7-13(12)20(17,18)15-10-4-2-3-5-11(10)16/h2-8,15-16H,14H2,1H3. The van der Waals surface area contributed by atoms with Gasteiger partial charge in [0.1, 0.15) is 16.4 Å². The maximum Gasteiger partial charge on any atom is 0.265 e. The highest BCUT2D eigenvalue weighted by Gasteiger charge is 2.20. The summed E-state index contributed by atoms with van der Waals surface area (Å²) >= 11 is 0. The van der Waals surface area contributed by atoms with Gasteiger partial charge in [-0.05, 0) is 24.3 Å². The molecular weight excluding hydrogens is 280 g/mol. The molecule has 4 N–H and O–H groups in total. The number of nitrogens with two attached hydrogens (primary N) is 1. The van der Waals surface area contributed by atoms with Crippen LogP contribution in [0.1, 0.15) is 0 Å². The van der Waals surface area contributed by atoms with E-state index in [0.29, 0.717) is 5.69 Å². The van der Waals surface area contributed by atoms with Gasteiger partial charge in [-0.25, -0.2) is 8.42 Å². The Bertz CT molecular complexity index is 729. The van der Waals surface area contributed by atoms with E-state index in [1.54, 1.807) is 12.1 Å². The van der Waals surface area contributed by atoms with Crippen LogP contribution in [-0.2, 0) is 10.0 Å². The Kier molecular flexibility index (Phi) is 3.71. The van der Waals surface area contributed by atoms with Gasteiger partial charge in [0, 0.05) is 11.8 Å². The molecule has 0 aromatic heterocycles. The summed E-state index contributed by atoms with van der Waals surface area (Å²) < 4.78 is 31.9. The predicted octanol–water partition coefficient (Wildman–Crippen LogP) is 1.78. The molecule has 7 heteroatoms. The van der Waals surface area contributed by atoms with Gasteiger partial charge in [-0.15, -0.1) is 0 Å². The minimum absolute atomic E-state index is 0.0579. The Hall–Kier alpha value is -2.41. The summed E-state index contributed by atoms with van der Waals surface area (Å²) in [6.45, 7) is 0. The Labute approximate surface area is 116 Å². The number of benzene rings is 2. The molecule has 20 heavy (non-hydrogen) atoms. The second-order valence-corrected chi connectivity index (χ2v) is 5.68. The number of nitrogen functional groups attached to an aromatic ring is 1. The molecule has 2 aromatic carbocycles. The van der Waals surface area contributed by atoms with E-state index in [0.717, 1.165) is 0 Å². The van der Waals surface area contributed by atoms with Crippen molar-refractivity contribution in [1.29, 1.82) is 0 Å². The molecule has 0 radical (unpaired) electrons. The third-order valence-corrected chi connectivity index (χ3v) is 4.03. The monoisotopic (exact) mass is 294 g/mol. The van der Waals surface area contributed by atoms with Gasteiger partial charge in [-0.1, -0.05) is 12.1 Å². The molecule has 0 spiro atoms. The van der Waals surface area contributed by atoms with Gasteiger partial charge in [-0.3, -0.25) is 4.72 Å². The van der Waals surface area contributed by atoms with E-state index in [1.807, 2.05) is 0 Å². The SMILES string of the molecule is COc1cc(N)ccc1S(=O)(=O)Nc1ccccc1O. The highest BCUT2D eigenvalue weighted by Crippen LogP contribution is 2.30. The van der Waals surface area contributed by atoms with Crippen molar-refractivity contribution in [1.82, 2.24) is 0 Å². The molecule has 0 saturated heterocycles. The fourth-order valence-electron chi connectivity index (χ4n) is 1.67. The number of phenolic OH excluding ortho intramolecular Hbond substituents is 1. The van der Waals surface area contributed by atoms with Gasteiger partial charge in [0.15, 0.2) is 0 Å². The van der Waals surface area contributed by atoms with E-state index < -0.39 is 10.0 Å². The Morgan fingerprint density at radius 3 is 2.55 bits per heavy atom. The Morgan fingerprint density at radius 2 is 1.90 bits per heavy atom. The first-order valence-electron chi connectivity index (χ1n) is 5.68. The van der Waals surface area contributed by atoms with Crippen LogP contribution in [0.5, 0.6) is 11.5 Å². The first-order valence-corrected chi connectivity index (χ1v) is 7.16. The fourth-order valence-corrected chi connectivity index (χ4v) is 2.89. The number of anilines is 2. The molecular formula is C13H14N2O4S. The predicted molar refractivity (Wildman–Crippen MR) is 76.3 cm³/mol. The molecule has 0 atom stereocenters. The van der Waals surface area contributed by atoms with E-state index in [2.05, 4.69) is 4.72 Å². The molecule has 0 heterocycles. The van der Waals surface area contributed by atoms with Gasteiger partial charge in [0.05, 0.1) is 12.8 Å². The number of aromatic hydroxyl groups is 1. The largest absolute Gasteiger partial charge is 0.506 e. The van der Waals surface area contributed by atoms with Crippen LogP contribution in [0.4, 0.5) is 11.4 Å². The van der Waals surface area contributed by atoms with E-state index in [1.165, 1.54) is 37.4 Å². The summed E-state index contributed by atoms with van der Waals surface area (Å²) in [6, 6.07) is 10.3. The number of rotatable bonds is 4. The average Bonchev–Trinajstić information content (AvgIpc) is 2.40. The summed E-state index contributed by atoms with van der Waals surface area (Å²) in [5.74, 6) is -0.0293. The summed E-state index contributed by atoms with van der Waals surface area (Å²) in [5.41, 5.74) is 6.07. The second kappa shape index (κ2) is 5.30. The molecule has 0 unspecified atom stereocenters. The number of hydrogen-bond acceptors (Lipinski definition) is 5. The number of hydrogen-bond donors (Lipinski definition) is 3. The highest BCUT2D eigenvalue weighted by molar-refractivity contribution is 7.92. The number of methoxy groups -OCH3 is 1. The van der Waals surface area contributed by atoms with E-state index >= 15 is 0 Å². The summed E-state index contributed by atoms with van der Waals surface area (Å²) in [4.78, 5) is -0.0579. The van der Waals surface area contributed by atoms with Crippen molar-refractivity contribution in [3.05, 3.63) is 42.5 Å². The molecule has 0 aliphatic heterocycles. The number of sulfonamides is 1. The third-order valence-electron chi connectivity index (χ3n) is 2.63. The molecule has 0 fully saturated rings. The van der Waals surface area contributed by atoms with Crippen LogP contribution < -0.4 is 15.2 Å². The zero-order chi connectivity index (χ0) is 14.8. The molecule has 0 saturated carbocycles. The lowest BCUT2D eigenvalue weighted by Gasteiger charge is -2.12. The Morgan fingerprint density at radius 1 is 1.20 bits per heavy atom. The first-order chi connectivity index (χ1) is 9.44. The zero-order valence-electron chi connectivity index (χ0n) is 10.7. The molecule has 6 nitrogen and oxygen atoms in total. The fraction of sp³-hybridized carbons (Fsp3) is 0.0769. The van der Waals surface area contributed by atoms with Crippen LogP contribution in [0.3, 0.4) is 0 Å².